The van der Waals surface area contributed by atoms with Crippen LogP contribution in [0, 0.1) is 0 Å². The van der Waals surface area contributed by atoms with Crippen LogP contribution in [0.15, 0.2) is 12.2 Å². The zero-order valence-corrected chi connectivity index (χ0v) is 7.78. The van der Waals surface area contributed by atoms with E-state index in [0.29, 0.717) is 5.11 Å². The van der Waals surface area contributed by atoms with Crippen molar-refractivity contribution in [2.24, 2.45) is 0 Å². The summed E-state index contributed by atoms with van der Waals surface area (Å²) in [6.45, 7) is 2.09. The molecule has 1 fully saturated rings. The van der Waals surface area contributed by atoms with Crippen molar-refractivity contribution >= 4 is 23.2 Å². The van der Waals surface area contributed by atoms with Gasteiger partial charge in [-0.25, -0.2) is 0 Å². The second kappa shape index (κ2) is 4.21. The zero-order valence-electron chi connectivity index (χ0n) is 6.96. The van der Waals surface area contributed by atoms with Crippen molar-refractivity contribution in [2.45, 2.75) is 25.8 Å². The van der Waals surface area contributed by atoms with Crippen LogP contribution in [0.4, 0.5) is 0 Å². The Kier molecular flexibility index (Phi) is 3.22. The second-order valence-electron chi connectivity index (χ2n) is 2.66. The lowest BCUT2D eigenvalue weighted by molar-refractivity contribution is -0.119. The summed E-state index contributed by atoms with van der Waals surface area (Å²) in [6, 6.07) is -0.260. The average molecular weight is 184 g/mol. The summed E-state index contributed by atoms with van der Waals surface area (Å²) >= 11 is 4.78. The summed E-state index contributed by atoms with van der Waals surface area (Å²) in [4.78, 5) is 11.1. The van der Waals surface area contributed by atoms with E-state index in [2.05, 4.69) is 17.6 Å². The third kappa shape index (κ3) is 2.30. The molecule has 1 rings (SSSR count). The van der Waals surface area contributed by atoms with E-state index in [1.165, 1.54) is 0 Å². The molecule has 1 unspecified atom stereocenters. The largest absolute Gasteiger partial charge is 0.347 e. The first-order chi connectivity index (χ1) is 5.74. The molecule has 3 nitrogen and oxygen atoms in total. The number of amides is 1. The molecule has 0 aromatic carbocycles. The quantitative estimate of drug-likeness (QED) is 0.501. The molecule has 0 saturated carbocycles. The average Bonchev–Trinajstić information content (AvgIpc) is 2.31. The van der Waals surface area contributed by atoms with E-state index in [1.807, 2.05) is 12.2 Å². The van der Waals surface area contributed by atoms with Gasteiger partial charge in [0.2, 0.25) is 0 Å². The Labute approximate surface area is 77.2 Å². The van der Waals surface area contributed by atoms with Gasteiger partial charge in [-0.05, 0) is 18.6 Å². The highest BCUT2D eigenvalue weighted by atomic mass is 32.1. The second-order valence-corrected chi connectivity index (χ2v) is 3.07. The molecule has 1 saturated heterocycles. The van der Waals surface area contributed by atoms with Gasteiger partial charge in [0.25, 0.3) is 5.91 Å². The van der Waals surface area contributed by atoms with Gasteiger partial charge < -0.3 is 10.6 Å². The van der Waals surface area contributed by atoms with Crippen LogP contribution in [-0.2, 0) is 4.79 Å². The fourth-order valence-electron chi connectivity index (χ4n) is 0.967. The lowest BCUT2D eigenvalue weighted by atomic mass is 10.2. The smallest absolute Gasteiger partial charge is 0.252 e. The Bertz CT molecular complexity index is 225. The fourth-order valence-corrected chi connectivity index (χ4v) is 1.19. The van der Waals surface area contributed by atoms with Crippen molar-refractivity contribution in [1.82, 2.24) is 10.6 Å². The van der Waals surface area contributed by atoms with Crippen molar-refractivity contribution in [3.63, 3.8) is 0 Å². The van der Waals surface area contributed by atoms with Crippen molar-refractivity contribution in [3.05, 3.63) is 12.2 Å². The highest BCUT2D eigenvalue weighted by Crippen LogP contribution is 1.97. The molecule has 1 atom stereocenters. The molecule has 0 aromatic rings. The molecule has 2 N–H and O–H groups in total. The van der Waals surface area contributed by atoms with E-state index in [1.54, 1.807) is 0 Å². The number of carbonyl (C=O) groups excluding carboxylic acids is 1. The van der Waals surface area contributed by atoms with E-state index in [0.717, 1.165) is 12.8 Å². The van der Waals surface area contributed by atoms with Gasteiger partial charge in [0.1, 0.15) is 6.04 Å². The van der Waals surface area contributed by atoms with Gasteiger partial charge >= 0.3 is 0 Å². The van der Waals surface area contributed by atoms with Crippen LogP contribution in [0.3, 0.4) is 0 Å². The number of hydrogen-bond acceptors (Lipinski definition) is 2. The predicted octanol–water partition coefficient (Wildman–Crippen LogP) is 0.716. The highest BCUT2D eigenvalue weighted by molar-refractivity contribution is 7.80. The van der Waals surface area contributed by atoms with Crippen LogP contribution in [0.5, 0.6) is 0 Å². The number of rotatable bonds is 3. The predicted molar refractivity (Wildman–Crippen MR) is 51.7 cm³/mol. The van der Waals surface area contributed by atoms with Crippen LogP contribution in [-0.4, -0.2) is 17.1 Å². The van der Waals surface area contributed by atoms with Crippen molar-refractivity contribution in [2.75, 3.05) is 0 Å². The highest BCUT2D eigenvalue weighted by Gasteiger charge is 2.23. The Morgan fingerprint density at radius 3 is 2.92 bits per heavy atom. The standard InChI is InChI=1S/C8H12N2OS/c1-2-3-4-5-6-7(11)10-8(12)9-6/h4-6H,2-3H2,1H3,(H2,9,10,11,12)/b5-4+. The molecule has 0 aliphatic carbocycles. The van der Waals surface area contributed by atoms with Gasteiger partial charge in [-0.1, -0.05) is 25.5 Å². The maximum absolute atomic E-state index is 11.1. The van der Waals surface area contributed by atoms with Gasteiger partial charge in [0, 0.05) is 0 Å². The third-order valence-electron chi connectivity index (χ3n) is 1.59. The lowest BCUT2D eigenvalue weighted by Gasteiger charge is -1.98. The van der Waals surface area contributed by atoms with Gasteiger partial charge in [0.05, 0.1) is 0 Å². The number of allylic oxidation sites excluding steroid dienone is 1. The molecule has 1 aliphatic heterocycles. The van der Waals surface area contributed by atoms with Crippen LogP contribution in [0.1, 0.15) is 19.8 Å². The van der Waals surface area contributed by atoms with Crippen molar-refractivity contribution in [1.29, 1.82) is 0 Å². The normalized spacial score (nSPS) is 22.9. The Balaban J connectivity index is 2.42. The Morgan fingerprint density at radius 1 is 1.67 bits per heavy atom. The summed E-state index contributed by atoms with van der Waals surface area (Å²) in [5, 5.41) is 5.79. The van der Waals surface area contributed by atoms with Crippen LogP contribution in [0.25, 0.3) is 0 Å². The molecule has 4 heteroatoms. The van der Waals surface area contributed by atoms with Crippen LogP contribution < -0.4 is 10.6 Å². The minimum atomic E-state index is -0.260. The van der Waals surface area contributed by atoms with E-state index in [4.69, 9.17) is 12.2 Å². The molecule has 66 valence electrons. The summed E-state index contributed by atoms with van der Waals surface area (Å²) in [7, 11) is 0. The summed E-state index contributed by atoms with van der Waals surface area (Å²) in [5.41, 5.74) is 0. The molecule has 1 aliphatic rings. The minimum absolute atomic E-state index is 0.0626. The van der Waals surface area contributed by atoms with Gasteiger partial charge in [-0.15, -0.1) is 0 Å². The number of thiocarbonyl (C=S) groups is 1. The van der Waals surface area contributed by atoms with Gasteiger partial charge in [0.15, 0.2) is 5.11 Å². The minimum Gasteiger partial charge on any atom is -0.347 e. The van der Waals surface area contributed by atoms with E-state index in [-0.39, 0.29) is 11.9 Å². The van der Waals surface area contributed by atoms with Crippen molar-refractivity contribution < 1.29 is 4.79 Å². The monoisotopic (exact) mass is 184 g/mol. The van der Waals surface area contributed by atoms with Crippen LogP contribution in [0.2, 0.25) is 0 Å². The molecule has 0 aromatic heterocycles. The molecule has 12 heavy (non-hydrogen) atoms. The number of unbranched alkanes of at least 4 members (excludes halogenated alkanes) is 1. The summed E-state index contributed by atoms with van der Waals surface area (Å²) in [6.07, 6.45) is 5.93. The number of hydrogen-bond donors (Lipinski definition) is 2. The van der Waals surface area contributed by atoms with Crippen LogP contribution >= 0.6 is 12.2 Å². The first-order valence-electron chi connectivity index (χ1n) is 4.02. The molecule has 0 spiro atoms. The van der Waals surface area contributed by atoms with E-state index < -0.39 is 0 Å². The number of carbonyl (C=O) groups is 1. The molecular weight excluding hydrogens is 172 g/mol. The fraction of sp³-hybridized carbons (Fsp3) is 0.500. The first-order valence-corrected chi connectivity index (χ1v) is 4.43. The van der Waals surface area contributed by atoms with E-state index in [9.17, 15) is 4.79 Å². The molecular formula is C8H12N2OS. The summed E-state index contributed by atoms with van der Waals surface area (Å²) in [5.74, 6) is -0.0626. The van der Waals surface area contributed by atoms with Crippen molar-refractivity contribution in [3.8, 4) is 0 Å². The molecule has 0 radical (unpaired) electrons. The number of nitrogens with one attached hydrogen (secondary N) is 2. The third-order valence-corrected chi connectivity index (χ3v) is 1.81. The molecule has 1 heterocycles. The zero-order chi connectivity index (χ0) is 8.97. The van der Waals surface area contributed by atoms with Gasteiger partial charge in [-0.2, -0.15) is 0 Å². The lowest BCUT2D eigenvalue weighted by Crippen LogP contribution is -2.25. The molecule has 1 amide bonds. The SMILES string of the molecule is CCC/C=C/C1NC(=S)NC1=O. The van der Waals surface area contributed by atoms with E-state index >= 15 is 0 Å². The molecule has 0 bridgehead atoms. The maximum atomic E-state index is 11.1. The van der Waals surface area contributed by atoms with Gasteiger partial charge in [-0.3, -0.25) is 4.79 Å². The summed E-state index contributed by atoms with van der Waals surface area (Å²) < 4.78 is 0. The Hall–Kier alpha value is -0.900. The Morgan fingerprint density at radius 2 is 2.42 bits per heavy atom. The topological polar surface area (TPSA) is 41.1 Å². The first kappa shape index (κ1) is 9.19. The maximum Gasteiger partial charge on any atom is 0.252 e.